The zero-order chi connectivity index (χ0) is 23.7. The molecule has 4 aliphatic carbocycles. The van der Waals surface area contributed by atoms with Crippen LogP contribution < -0.4 is 0 Å². The topological polar surface area (TPSA) is 80.7 Å². The molecule has 0 heterocycles. The average Bonchev–Trinajstić information content (AvgIpc) is 3.03. The van der Waals surface area contributed by atoms with Gasteiger partial charge in [-0.1, -0.05) is 19.9 Å². The highest BCUT2D eigenvalue weighted by atomic mass is 35.5. The van der Waals surface area contributed by atoms with Gasteiger partial charge in [0.2, 0.25) is 0 Å². The van der Waals surface area contributed by atoms with E-state index in [-0.39, 0.29) is 37.1 Å². The van der Waals surface area contributed by atoms with Crippen LogP contribution in [0, 0.1) is 22.7 Å². The lowest BCUT2D eigenvalue weighted by molar-refractivity contribution is -0.227. The van der Waals surface area contributed by atoms with Crippen LogP contribution in [0.25, 0.3) is 0 Å². The lowest BCUT2D eigenvalue weighted by Gasteiger charge is -2.63. The molecule has 4 rings (SSSR count). The summed E-state index contributed by atoms with van der Waals surface area (Å²) < 4.78 is 38.2. The highest BCUT2D eigenvalue weighted by Crippen LogP contribution is 2.70. The van der Waals surface area contributed by atoms with Crippen molar-refractivity contribution in [2.24, 2.45) is 22.7 Å². The standard InChI is InChI=1S/C24H29ClF2O5/c1-4-20(31)32-23(19(30)12-25)8-6-14-15-10-17(26)16-9-13(28)5-7-21(16,2)24(15,27)18(29)11-22(14,23)3/h5,7,9,14-15,17-18,29H,4,6,8,10-12H2,1-3H3/t14-,15-,17-,18-,21-,22-,23-,24-/m0/s1. The van der Waals surface area contributed by atoms with Gasteiger partial charge in [0, 0.05) is 23.2 Å². The maximum Gasteiger partial charge on any atom is 0.306 e. The Hall–Kier alpha value is -1.60. The van der Waals surface area contributed by atoms with Crippen molar-refractivity contribution in [3.05, 3.63) is 23.8 Å². The molecular weight excluding hydrogens is 442 g/mol. The molecule has 4 aliphatic rings. The number of aliphatic hydroxyl groups is 1. The van der Waals surface area contributed by atoms with Crippen LogP contribution in [0.2, 0.25) is 0 Å². The van der Waals surface area contributed by atoms with Crippen molar-refractivity contribution in [2.45, 2.75) is 76.4 Å². The van der Waals surface area contributed by atoms with Gasteiger partial charge >= 0.3 is 5.97 Å². The third kappa shape index (κ3) is 2.73. The van der Waals surface area contributed by atoms with E-state index in [2.05, 4.69) is 0 Å². The van der Waals surface area contributed by atoms with Gasteiger partial charge in [-0.3, -0.25) is 14.4 Å². The third-order valence-electron chi connectivity index (χ3n) is 8.90. The minimum atomic E-state index is -2.24. The normalized spacial score (nSPS) is 47.2. The van der Waals surface area contributed by atoms with Crippen LogP contribution >= 0.6 is 11.6 Å². The lowest BCUT2D eigenvalue weighted by Crippen LogP contribution is -2.70. The van der Waals surface area contributed by atoms with E-state index in [0.717, 1.165) is 6.08 Å². The van der Waals surface area contributed by atoms with E-state index < -0.39 is 63.7 Å². The molecule has 3 fully saturated rings. The summed E-state index contributed by atoms with van der Waals surface area (Å²) in [7, 11) is 0. The van der Waals surface area contributed by atoms with E-state index in [1.807, 2.05) is 0 Å². The molecule has 0 amide bonds. The van der Waals surface area contributed by atoms with Gasteiger partial charge in [0.1, 0.15) is 6.17 Å². The van der Waals surface area contributed by atoms with Gasteiger partial charge < -0.3 is 9.84 Å². The SMILES string of the molecule is CCC(=O)O[C@]1(C(=O)CCl)CC[C@H]2[C@@H]3C[C@H](F)C4=CC(=O)C=C[C@]4(C)[C@@]3(F)[C@@H](O)C[C@@]21C. The number of hydrogen-bond donors (Lipinski definition) is 1. The first kappa shape index (κ1) is 23.6. The number of alkyl halides is 3. The van der Waals surface area contributed by atoms with E-state index in [1.165, 1.54) is 19.1 Å². The average molecular weight is 471 g/mol. The fourth-order valence-electron chi connectivity index (χ4n) is 7.25. The van der Waals surface area contributed by atoms with Crippen molar-refractivity contribution in [3.63, 3.8) is 0 Å². The van der Waals surface area contributed by atoms with Crippen molar-refractivity contribution < 1.29 is 33.0 Å². The lowest BCUT2D eigenvalue weighted by atomic mass is 9.44. The van der Waals surface area contributed by atoms with Crippen molar-refractivity contribution in [2.75, 3.05) is 5.88 Å². The monoisotopic (exact) mass is 470 g/mol. The van der Waals surface area contributed by atoms with Crippen molar-refractivity contribution in [3.8, 4) is 0 Å². The number of esters is 1. The molecule has 0 unspecified atom stereocenters. The van der Waals surface area contributed by atoms with Crippen LogP contribution in [0.1, 0.15) is 52.9 Å². The number of aliphatic hydroxyl groups excluding tert-OH is 1. The molecule has 5 nitrogen and oxygen atoms in total. The molecule has 0 saturated heterocycles. The van der Waals surface area contributed by atoms with Gasteiger partial charge in [0.15, 0.2) is 22.8 Å². The summed E-state index contributed by atoms with van der Waals surface area (Å²) in [5.74, 6) is -3.30. The van der Waals surface area contributed by atoms with Crippen LogP contribution in [0.15, 0.2) is 23.8 Å². The Kier molecular flexibility index (Phi) is 5.49. The molecule has 3 saturated carbocycles. The molecule has 0 aromatic heterocycles. The Morgan fingerprint density at radius 1 is 1.31 bits per heavy atom. The van der Waals surface area contributed by atoms with Gasteiger partial charge in [-0.25, -0.2) is 8.78 Å². The summed E-state index contributed by atoms with van der Waals surface area (Å²) in [4.78, 5) is 37.3. The summed E-state index contributed by atoms with van der Waals surface area (Å²) in [5, 5.41) is 11.3. The fraction of sp³-hybridized carbons (Fsp3) is 0.708. The fourth-order valence-corrected chi connectivity index (χ4v) is 7.46. The smallest absolute Gasteiger partial charge is 0.306 e. The summed E-state index contributed by atoms with van der Waals surface area (Å²) in [6.07, 6.45) is 0.783. The Morgan fingerprint density at radius 2 is 2.00 bits per heavy atom. The number of hydrogen-bond acceptors (Lipinski definition) is 5. The summed E-state index contributed by atoms with van der Waals surface area (Å²) in [6.45, 7) is 4.86. The second kappa shape index (κ2) is 7.45. The summed E-state index contributed by atoms with van der Waals surface area (Å²) in [5.41, 5.74) is -6.38. The molecule has 0 radical (unpaired) electrons. The second-order valence-corrected chi connectivity index (χ2v) is 10.4. The largest absolute Gasteiger partial charge is 0.450 e. The molecule has 0 aromatic carbocycles. The molecule has 32 heavy (non-hydrogen) atoms. The molecule has 0 spiro atoms. The maximum atomic E-state index is 17.1. The van der Waals surface area contributed by atoms with Crippen LogP contribution in [0.4, 0.5) is 8.78 Å². The first-order valence-electron chi connectivity index (χ1n) is 11.2. The highest BCUT2D eigenvalue weighted by molar-refractivity contribution is 6.29. The number of ether oxygens (including phenoxy) is 1. The number of carbonyl (C=O) groups is 3. The van der Waals surface area contributed by atoms with Gasteiger partial charge in [-0.2, -0.15) is 0 Å². The van der Waals surface area contributed by atoms with Gasteiger partial charge in [-0.05, 0) is 56.3 Å². The molecule has 0 aliphatic heterocycles. The Morgan fingerprint density at radius 3 is 2.62 bits per heavy atom. The van der Waals surface area contributed by atoms with Crippen molar-refractivity contribution in [1.29, 1.82) is 0 Å². The Balaban J connectivity index is 1.84. The van der Waals surface area contributed by atoms with Gasteiger partial charge in [0.25, 0.3) is 0 Å². The molecule has 176 valence electrons. The summed E-state index contributed by atoms with van der Waals surface area (Å²) in [6, 6.07) is 0. The van der Waals surface area contributed by atoms with E-state index in [9.17, 15) is 19.5 Å². The third-order valence-corrected chi connectivity index (χ3v) is 9.14. The first-order chi connectivity index (χ1) is 14.9. The van der Waals surface area contributed by atoms with Crippen LogP contribution in [0.5, 0.6) is 0 Å². The molecule has 0 bridgehead atoms. The number of Topliss-reactive ketones (excluding diaryl/α,β-unsaturated/α-hetero) is 1. The van der Waals surface area contributed by atoms with Gasteiger partial charge in [-0.15, -0.1) is 11.6 Å². The van der Waals surface area contributed by atoms with E-state index >= 15 is 8.78 Å². The molecular formula is C24H29ClF2O5. The molecule has 8 atom stereocenters. The van der Waals surface area contributed by atoms with E-state index in [4.69, 9.17) is 16.3 Å². The highest BCUT2D eigenvalue weighted by Gasteiger charge is 2.76. The number of allylic oxidation sites excluding steroid dienone is 4. The summed E-state index contributed by atoms with van der Waals surface area (Å²) >= 11 is 5.91. The van der Waals surface area contributed by atoms with Crippen LogP contribution in [-0.4, -0.2) is 52.1 Å². The van der Waals surface area contributed by atoms with Crippen LogP contribution in [0.3, 0.4) is 0 Å². The zero-order valence-electron chi connectivity index (χ0n) is 18.5. The first-order valence-corrected chi connectivity index (χ1v) is 11.7. The number of rotatable bonds is 4. The zero-order valence-corrected chi connectivity index (χ0v) is 19.3. The molecule has 0 aromatic rings. The second-order valence-electron chi connectivity index (χ2n) is 10.1. The van der Waals surface area contributed by atoms with E-state index in [1.54, 1.807) is 13.8 Å². The van der Waals surface area contributed by atoms with Crippen molar-refractivity contribution in [1.82, 2.24) is 0 Å². The number of fused-ring (bicyclic) bond motifs is 5. The number of ketones is 2. The van der Waals surface area contributed by atoms with Crippen LogP contribution in [-0.2, 0) is 19.1 Å². The number of carbonyl (C=O) groups excluding carboxylic acids is 3. The maximum absolute atomic E-state index is 17.1. The minimum absolute atomic E-state index is 0.0462. The predicted molar refractivity (Wildman–Crippen MR) is 113 cm³/mol. The van der Waals surface area contributed by atoms with E-state index in [0.29, 0.717) is 6.42 Å². The Labute approximate surface area is 191 Å². The number of halogens is 3. The molecule has 1 N–H and O–H groups in total. The molecule has 8 heteroatoms. The Bertz CT molecular complexity index is 933. The minimum Gasteiger partial charge on any atom is -0.450 e. The quantitative estimate of drug-likeness (QED) is 0.499. The van der Waals surface area contributed by atoms with Gasteiger partial charge in [0.05, 0.1) is 12.0 Å². The van der Waals surface area contributed by atoms with Crippen molar-refractivity contribution >= 4 is 29.1 Å². The predicted octanol–water partition coefficient (Wildman–Crippen LogP) is 3.81.